The number of nitrogens with two attached hydrogens (primary N) is 1. The highest BCUT2D eigenvalue weighted by Gasteiger charge is 2.37. The maximum Gasteiger partial charge on any atom is 0.215 e. The fourth-order valence-electron chi connectivity index (χ4n) is 2.72. The molecular weight excluding hydrogens is 290 g/mol. The minimum Gasteiger partial charge on any atom is -0.409 e. The Kier molecular flexibility index (Phi) is 4.84. The lowest BCUT2D eigenvalue weighted by atomic mass is 10.0. The second-order valence-corrected chi connectivity index (χ2v) is 7.35. The fourth-order valence-corrected chi connectivity index (χ4v) is 4.75. The van der Waals surface area contributed by atoms with Crippen molar-refractivity contribution >= 4 is 15.9 Å². The molecule has 2 atom stereocenters. The number of hydrogen-bond acceptors (Lipinski definition) is 4. The molecular formula is C14H21N3O3S. The molecule has 1 heterocycles. The lowest BCUT2D eigenvalue weighted by Gasteiger charge is -2.24. The van der Waals surface area contributed by atoms with E-state index in [-0.39, 0.29) is 17.5 Å². The van der Waals surface area contributed by atoms with E-state index in [2.05, 4.69) is 5.16 Å². The molecule has 0 aliphatic carbocycles. The quantitative estimate of drug-likeness (QED) is 0.371. The SMILES string of the molecule is CC(CS(=O)(=O)N1CCCC1/C(N)=N/O)c1ccccc1. The van der Waals surface area contributed by atoms with E-state index in [0.29, 0.717) is 13.0 Å². The summed E-state index contributed by atoms with van der Waals surface area (Å²) in [4.78, 5) is 0. The molecule has 0 bridgehead atoms. The van der Waals surface area contributed by atoms with Crippen LogP contribution in [0.4, 0.5) is 0 Å². The Morgan fingerprint density at radius 3 is 2.76 bits per heavy atom. The molecule has 2 rings (SSSR count). The van der Waals surface area contributed by atoms with Crippen LogP contribution in [0.1, 0.15) is 31.2 Å². The van der Waals surface area contributed by atoms with Crippen molar-refractivity contribution in [2.45, 2.75) is 31.7 Å². The lowest BCUT2D eigenvalue weighted by molar-refractivity contribution is 0.311. The van der Waals surface area contributed by atoms with E-state index in [1.165, 1.54) is 4.31 Å². The van der Waals surface area contributed by atoms with Crippen molar-refractivity contribution in [3.8, 4) is 0 Å². The van der Waals surface area contributed by atoms with Crippen LogP contribution in [0.5, 0.6) is 0 Å². The monoisotopic (exact) mass is 311 g/mol. The maximum atomic E-state index is 12.6. The van der Waals surface area contributed by atoms with E-state index in [9.17, 15) is 8.42 Å². The van der Waals surface area contributed by atoms with Gasteiger partial charge in [0.1, 0.15) is 0 Å². The third kappa shape index (κ3) is 3.54. The summed E-state index contributed by atoms with van der Waals surface area (Å²) in [5.41, 5.74) is 6.59. The van der Waals surface area contributed by atoms with Gasteiger partial charge in [-0.05, 0) is 24.3 Å². The van der Waals surface area contributed by atoms with Gasteiger partial charge in [0.15, 0.2) is 5.84 Å². The normalized spacial score (nSPS) is 22.3. The average Bonchev–Trinajstić information content (AvgIpc) is 2.97. The molecule has 116 valence electrons. The van der Waals surface area contributed by atoms with Gasteiger partial charge in [0.25, 0.3) is 0 Å². The zero-order chi connectivity index (χ0) is 15.5. The Labute approximate surface area is 125 Å². The Morgan fingerprint density at radius 1 is 1.48 bits per heavy atom. The van der Waals surface area contributed by atoms with Crippen LogP contribution < -0.4 is 5.73 Å². The van der Waals surface area contributed by atoms with Gasteiger partial charge >= 0.3 is 0 Å². The molecule has 0 saturated carbocycles. The molecule has 1 saturated heterocycles. The third-order valence-corrected chi connectivity index (χ3v) is 5.92. The molecule has 1 fully saturated rings. The summed E-state index contributed by atoms with van der Waals surface area (Å²) < 4.78 is 26.5. The van der Waals surface area contributed by atoms with Gasteiger partial charge in [0.2, 0.25) is 10.0 Å². The van der Waals surface area contributed by atoms with Crippen molar-refractivity contribution in [1.82, 2.24) is 4.31 Å². The second kappa shape index (κ2) is 6.44. The minimum absolute atomic E-state index is 0.0201. The van der Waals surface area contributed by atoms with E-state index in [0.717, 1.165) is 12.0 Å². The van der Waals surface area contributed by atoms with Crippen LogP contribution in [0.3, 0.4) is 0 Å². The zero-order valence-corrected chi connectivity index (χ0v) is 12.8. The molecule has 2 unspecified atom stereocenters. The molecule has 7 heteroatoms. The predicted octanol–water partition coefficient (Wildman–Crippen LogP) is 1.33. The standard InChI is InChI=1S/C14H21N3O3S/c1-11(12-6-3-2-4-7-12)10-21(19,20)17-9-5-8-13(17)14(15)16-18/h2-4,6-7,11,13,18H,5,8-10H2,1H3,(H2,15,16). The summed E-state index contributed by atoms with van der Waals surface area (Å²) in [5, 5.41) is 11.7. The maximum absolute atomic E-state index is 12.6. The molecule has 0 radical (unpaired) electrons. The van der Waals surface area contributed by atoms with Crippen LogP contribution in [-0.4, -0.2) is 42.1 Å². The molecule has 1 aromatic carbocycles. The first kappa shape index (κ1) is 15.8. The number of sulfonamides is 1. The predicted molar refractivity (Wildman–Crippen MR) is 81.8 cm³/mol. The van der Waals surface area contributed by atoms with Crippen molar-refractivity contribution in [3.05, 3.63) is 35.9 Å². The van der Waals surface area contributed by atoms with Gasteiger partial charge in [0, 0.05) is 6.54 Å². The highest BCUT2D eigenvalue weighted by molar-refractivity contribution is 7.89. The highest BCUT2D eigenvalue weighted by Crippen LogP contribution is 2.25. The lowest BCUT2D eigenvalue weighted by Crippen LogP contribution is -2.45. The molecule has 0 amide bonds. The number of rotatable bonds is 5. The number of hydrogen-bond donors (Lipinski definition) is 2. The molecule has 1 aliphatic heterocycles. The Bertz CT molecular complexity index is 601. The number of amidine groups is 1. The fraction of sp³-hybridized carbons (Fsp3) is 0.500. The smallest absolute Gasteiger partial charge is 0.215 e. The van der Waals surface area contributed by atoms with Crippen LogP contribution in [-0.2, 0) is 10.0 Å². The number of oxime groups is 1. The summed E-state index contributed by atoms with van der Waals surface area (Å²) in [7, 11) is -3.45. The van der Waals surface area contributed by atoms with Crippen LogP contribution >= 0.6 is 0 Å². The summed E-state index contributed by atoms with van der Waals surface area (Å²) in [6, 6.07) is 9.01. The number of nitrogens with zero attached hydrogens (tertiary/aromatic N) is 2. The van der Waals surface area contributed by atoms with Crippen molar-refractivity contribution < 1.29 is 13.6 Å². The number of benzene rings is 1. The van der Waals surface area contributed by atoms with E-state index in [1.807, 2.05) is 37.3 Å². The Morgan fingerprint density at radius 2 is 2.14 bits per heavy atom. The highest BCUT2D eigenvalue weighted by atomic mass is 32.2. The van der Waals surface area contributed by atoms with Crippen LogP contribution in [0.25, 0.3) is 0 Å². The van der Waals surface area contributed by atoms with Gasteiger partial charge in [-0.25, -0.2) is 8.42 Å². The molecule has 6 nitrogen and oxygen atoms in total. The van der Waals surface area contributed by atoms with E-state index in [1.54, 1.807) is 0 Å². The Balaban J connectivity index is 2.15. The molecule has 0 aromatic heterocycles. The molecule has 0 spiro atoms. The van der Waals surface area contributed by atoms with Gasteiger partial charge < -0.3 is 10.9 Å². The average molecular weight is 311 g/mol. The first-order valence-corrected chi connectivity index (χ1v) is 8.58. The van der Waals surface area contributed by atoms with Crippen LogP contribution in [0.2, 0.25) is 0 Å². The van der Waals surface area contributed by atoms with Crippen LogP contribution in [0, 0.1) is 0 Å². The topological polar surface area (TPSA) is 96.0 Å². The van der Waals surface area contributed by atoms with Crippen molar-refractivity contribution in [2.75, 3.05) is 12.3 Å². The molecule has 1 aliphatic rings. The molecule has 3 N–H and O–H groups in total. The van der Waals surface area contributed by atoms with Crippen LogP contribution in [0.15, 0.2) is 35.5 Å². The third-order valence-electron chi connectivity index (χ3n) is 3.85. The first-order chi connectivity index (χ1) is 9.95. The zero-order valence-electron chi connectivity index (χ0n) is 12.0. The van der Waals surface area contributed by atoms with E-state index < -0.39 is 16.1 Å². The van der Waals surface area contributed by atoms with Crippen molar-refractivity contribution in [1.29, 1.82) is 0 Å². The van der Waals surface area contributed by atoms with Gasteiger partial charge in [-0.15, -0.1) is 0 Å². The van der Waals surface area contributed by atoms with Gasteiger partial charge in [-0.1, -0.05) is 42.4 Å². The van der Waals surface area contributed by atoms with Gasteiger partial charge in [-0.2, -0.15) is 4.31 Å². The summed E-state index contributed by atoms with van der Waals surface area (Å²) in [5.74, 6) is -0.125. The van der Waals surface area contributed by atoms with Gasteiger partial charge in [0.05, 0.1) is 11.8 Å². The second-order valence-electron chi connectivity index (χ2n) is 5.38. The first-order valence-electron chi connectivity index (χ1n) is 6.97. The largest absolute Gasteiger partial charge is 0.409 e. The van der Waals surface area contributed by atoms with Crippen molar-refractivity contribution in [2.24, 2.45) is 10.9 Å². The van der Waals surface area contributed by atoms with Gasteiger partial charge in [-0.3, -0.25) is 0 Å². The minimum atomic E-state index is -3.45. The molecule has 21 heavy (non-hydrogen) atoms. The summed E-state index contributed by atoms with van der Waals surface area (Å²) in [6.07, 6.45) is 1.31. The Hall–Kier alpha value is -1.60. The summed E-state index contributed by atoms with van der Waals surface area (Å²) in [6.45, 7) is 2.31. The summed E-state index contributed by atoms with van der Waals surface area (Å²) >= 11 is 0. The molecule has 1 aromatic rings. The van der Waals surface area contributed by atoms with E-state index in [4.69, 9.17) is 10.9 Å². The van der Waals surface area contributed by atoms with Crippen molar-refractivity contribution in [3.63, 3.8) is 0 Å². The van der Waals surface area contributed by atoms with E-state index >= 15 is 0 Å².